The second-order valence-electron chi connectivity index (χ2n) is 4.51. The van der Waals surface area contributed by atoms with E-state index in [1.54, 1.807) is 0 Å². The number of alkyl halides is 1. The van der Waals surface area contributed by atoms with E-state index < -0.39 is 0 Å². The fourth-order valence-corrected chi connectivity index (χ4v) is 2.87. The summed E-state index contributed by atoms with van der Waals surface area (Å²) in [6.45, 7) is 0. The van der Waals surface area contributed by atoms with E-state index in [0.29, 0.717) is 0 Å². The molecule has 0 aliphatic rings. The van der Waals surface area contributed by atoms with Crippen molar-refractivity contribution >= 4 is 27.5 Å². The van der Waals surface area contributed by atoms with Crippen molar-refractivity contribution < 1.29 is 4.39 Å². The molecule has 19 heavy (non-hydrogen) atoms. The summed E-state index contributed by atoms with van der Waals surface area (Å²) in [6.07, 6.45) is 2.79. The molecule has 2 rings (SSSR count). The molecule has 0 aromatic heterocycles. The van der Waals surface area contributed by atoms with Crippen LogP contribution in [-0.2, 0) is 6.42 Å². The normalized spacial score (nSPS) is 12.4. The third kappa shape index (κ3) is 4.32. The predicted octanol–water partition coefficient (Wildman–Crippen LogP) is 5.89. The van der Waals surface area contributed by atoms with Gasteiger partial charge >= 0.3 is 0 Å². The molecule has 0 nitrogen and oxygen atoms in total. The summed E-state index contributed by atoms with van der Waals surface area (Å²) in [7, 11) is 0. The van der Waals surface area contributed by atoms with E-state index in [0.717, 1.165) is 34.9 Å². The molecule has 1 unspecified atom stereocenters. The average Bonchev–Trinajstić information content (AvgIpc) is 2.42. The fraction of sp³-hybridized carbons (Fsp3) is 0.250. The summed E-state index contributed by atoms with van der Waals surface area (Å²) in [6, 6.07) is 14.9. The standard InChI is InChI=1S/C16H15BrClF/c17-15-11-14(19)10-9-12(15)7-4-8-16(18)13-5-2-1-3-6-13/h1-3,5-6,9-11,16H,4,7-8H2. The van der Waals surface area contributed by atoms with Gasteiger partial charge in [0.1, 0.15) is 5.82 Å². The lowest BCUT2D eigenvalue weighted by Gasteiger charge is -2.10. The molecule has 0 aliphatic carbocycles. The van der Waals surface area contributed by atoms with Crippen LogP contribution >= 0.6 is 27.5 Å². The van der Waals surface area contributed by atoms with Gasteiger partial charge in [-0.15, -0.1) is 11.6 Å². The average molecular weight is 342 g/mol. The van der Waals surface area contributed by atoms with Gasteiger partial charge in [-0.3, -0.25) is 0 Å². The largest absolute Gasteiger partial charge is 0.207 e. The molecule has 2 aromatic rings. The van der Waals surface area contributed by atoms with Crippen LogP contribution in [-0.4, -0.2) is 0 Å². The molecule has 0 fully saturated rings. The highest BCUT2D eigenvalue weighted by molar-refractivity contribution is 9.10. The Morgan fingerprint density at radius 2 is 1.84 bits per heavy atom. The lowest BCUT2D eigenvalue weighted by molar-refractivity contribution is 0.625. The van der Waals surface area contributed by atoms with Gasteiger partial charge in [0.15, 0.2) is 0 Å². The van der Waals surface area contributed by atoms with Crippen LogP contribution in [0.3, 0.4) is 0 Å². The molecule has 0 amide bonds. The number of hydrogen-bond donors (Lipinski definition) is 0. The van der Waals surface area contributed by atoms with Crippen LogP contribution in [0.4, 0.5) is 4.39 Å². The SMILES string of the molecule is Fc1ccc(CCCC(Cl)c2ccccc2)c(Br)c1. The van der Waals surface area contributed by atoms with Gasteiger partial charge in [0.25, 0.3) is 0 Å². The maximum atomic E-state index is 13.0. The van der Waals surface area contributed by atoms with Gasteiger partial charge in [0.2, 0.25) is 0 Å². The zero-order valence-corrected chi connectivity index (χ0v) is 12.8. The minimum atomic E-state index is -0.213. The highest BCUT2D eigenvalue weighted by Gasteiger charge is 2.08. The quantitative estimate of drug-likeness (QED) is 0.595. The zero-order chi connectivity index (χ0) is 13.7. The van der Waals surface area contributed by atoms with Crippen LogP contribution in [0.1, 0.15) is 29.3 Å². The summed E-state index contributed by atoms with van der Waals surface area (Å²) in [4.78, 5) is 0. The van der Waals surface area contributed by atoms with E-state index in [9.17, 15) is 4.39 Å². The van der Waals surface area contributed by atoms with Crippen molar-refractivity contribution in [1.82, 2.24) is 0 Å². The third-order valence-electron chi connectivity index (χ3n) is 3.08. The van der Waals surface area contributed by atoms with Crippen LogP contribution in [0.25, 0.3) is 0 Å². The van der Waals surface area contributed by atoms with Crippen LogP contribution in [0.15, 0.2) is 53.0 Å². The first-order chi connectivity index (χ1) is 9.16. The highest BCUT2D eigenvalue weighted by atomic mass is 79.9. The van der Waals surface area contributed by atoms with Gasteiger partial charge in [0, 0.05) is 4.47 Å². The Hall–Kier alpha value is -0.860. The molecule has 2 aromatic carbocycles. The maximum absolute atomic E-state index is 13.0. The number of hydrogen-bond acceptors (Lipinski definition) is 0. The summed E-state index contributed by atoms with van der Waals surface area (Å²) < 4.78 is 13.8. The van der Waals surface area contributed by atoms with Gasteiger partial charge in [-0.2, -0.15) is 0 Å². The molecular weight excluding hydrogens is 327 g/mol. The number of halogens is 3. The minimum Gasteiger partial charge on any atom is -0.207 e. The van der Waals surface area contributed by atoms with Crippen molar-refractivity contribution in [3.05, 3.63) is 69.9 Å². The van der Waals surface area contributed by atoms with Gasteiger partial charge in [-0.25, -0.2) is 4.39 Å². The Morgan fingerprint density at radius 1 is 1.11 bits per heavy atom. The zero-order valence-electron chi connectivity index (χ0n) is 10.5. The molecule has 0 spiro atoms. The van der Waals surface area contributed by atoms with Crippen LogP contribution in [0, 0.1) is 5.82 Å². The first-order valence-electron chi connectivity index (χ1n) is 6.30. The topological polar surface area (TPSA) is 0 Å². The van der Waals surface area contributed by atoms with E-state index >= 15 is 0 Å². The Bertz CT molecular complexity index is 528. The van der Waals surface area contributed by atoms with Crippen molar-refractivity contribution in [2.24, 2.45) is 0 Å². The minimum absolute atomic E-state index is 0.0421. The lowest BCUT2D eigenvalue weighted by Crippen LogP contribution is -1.94. The van der Waals surface area contributed by atoms with Gasteiger partial charge in [-0.05, 0) is 42.5 Å². The van der Waals surface area contributed by atoms with Gasteiger partial charge in [0.05, 0.1) is 5.38 Å². The second-order valence-corrected chi connectivity index (χ2v) is 5.89. The van der Waals surface area contributed by atoms with E-state index in [2.05, 4.69) is 15.9 Å². The van der Waals surface area contributed by atoms with Crippen LogP contribution in [0.2, 0.25) is 0 Å². The van der Waals surface area contributed by atoms with Crippen molar-refractivity contribution in [1.29, 1.82) is 0 Å². The second kappa shape index (κ2) is 7.06. The molecule has 0 heterocycles. The first-order valence-corrected chi connectivity index (χ1v) is 7.52. The monoisotopic (exact) mass is 340 g/mol. The Kier molecular flexibility index (Phi) is 5.41. The third-order valence-corrected chi connectivity index (χ3v) is 4.29. The summed E-state index contributed by atoms with van der Waals surface area (Å²) >= 11 is 9.75. The first kappa shape index (κ1) is 14.5. The maximum Gasteiger partial charge on any atom is 0.124 e. The van der Waals surface area contributed by atoms with Crippen molar-refractivity contribution in [3.8, 4) is 0 Å². The van der Waals surface area contributed by atoms with Crippen LogP contribution in [0.5, 0.6) is 0 Å². The van der Waals surface area contributed by atoms with Crippen molar-refractivity contribution in [3.63, 3.8) is 0 Å². The molecule has 0 radical (unpaired) electrons. The molecular formula is C16H15BrClF. The summed E-state index contributed by atoms with van der Waals surface area (Å²) in [5.74, 6) is -0.213. The highest BCUT2D eigenvalue weighted by Crippen LogP contribution is 2.27. The van der Waals surface area contributed by atoms with Crippen molar-refractivity contribution in [2.45, 2.75) is 24.6 Å². The van der Waals surface area contributed by atoms with Crippen molar-refractivity contribution in [2.75, 3.05) is 0 Å². The molecule has 0 saturated carbocycles. The molecule has 0 aliphatic heterocycles. The molecule has 0 N–H and O–H groups in total. The van der Waals surface area contributed by atoms with E-state index in [-0.39, 0.29) is 11.2 Å². The van der Waals surface area contributed by atoms with Crippen LogP contribution < -0.4 is 0 Å². The molecule has 3 heteroatoms. The lowest BCUT2D eigenvalue weighted by atomic mass is 10.0. The fourth-order valence-electron chi connectivity index (χ4n) is 2.02. The van der Waals surface area contributed by atoms with E-state index in [1.165, 1.54) is 12.1 Å². The smallest absolute Gasteiger partial charge is 0.124 e. The predicted molar refractivity (Wildman–Crippen MR) is 82.1 cm³/mol. The molecule has 100 valence electrons. The number of benzene rings is 2. The Balaban J connectivity index is 1.86. The Labute approximate surface area is 126 Å². The van der Waals surface area contributed by atoms with E-state index in [1.807, 2.05) is 36.4 Å². The molecule has 1 atom stereocenters. The van der Waals surface area contributed by atoms with Gasteiger partial charge in [-0.1, -0.05) is 52.3 Å². The summed E-state index contributed by atoms with van der Waals surface area (Å²) in [5.41, 5.74) is 2.28. The number of aryl methyl sites for hydroxylation is 1. The molecule has 0 bridgehead atoms. The van der Waals surface area contributed by atoms with E-state index in [4.69, 9.17) is 11.6 Å². The molecule has 0 saturated heterocycles. The summed E-state index contributed by atoms with van der Waals surface area (Å²) in [5, 5.41) is 0.0421. The number of rotatable bonds is 5. The Morgan fingerprint density at radius 3 is 2.53 bits per heavy atom. The van der Waals surface area contributed by atoms with Gasteiger partial charge < -0.3 is 0 Å².